The Balaban J connectivity index is 2.08. The van der Waals surface area contributed by atoms with Crippen molar-refractivity contribution in [1.82, 2.24) is 4.90 Å². The van der Waals surface area contributed by atoms with Crippen LogP contribution in [0.5, 0.6) is 0 Å². The van der Waals surface area contributed by atoms with Gasteiger partial charge in [0.1, 0.15) is 11.3 Å². The molecule has 2 heterocycles. The van der Waals surface area contributed by atoms with Gasteiger partial charge in [0.2, 0.25) is 0 Å². The summed E-state index contributed by atoms with van der Waals surface area (Å²) in [4.78, 5) is 41.1. The van der Waals surface area contributed by atoms with E-state index in [0.717, 1.165) is 11.1 Å². The maximum Gasteiger partial charge on any atom is 0.410 e. The summed E-state index contributed by atoms with van der Waals surface area (Å²) in [5.74, 6) is -1.34. The number of hydrogen-bond donors (Lipinski definition) is 0. The summed E-state index contributed by atoms with van der Waals surface area (Å²) >= 11 is 0. The minimum atomic E-state index is -0.681. The number of ether oxygens (including phenoxy) is 3. The third-order valence-corrected chi connectivity index (χ3v) is 5.05. The van der Waals surface area contributed by atoms with Crippen molar-refractivity contribution < 1.29 is 28.6 Å². The molecule has 0 radical (unpaired) electrons. The molecule has 8 nitrogen and oxygen atoms in total. The van der Waals surface area contributed by atoms with Gasteiger partial charge < -0.3 is 24.0 Å². The molecule has 170 valence electrons. The average molecular weight is 440 g/mol. The minimum Gasteiger partial charge on any atom is -0.465 e. The Morgan fingerprint density at radius 3 is 2.38 bits per heavy atom. The van der Waals surface area contributed by atoms with Gasteiger partial charge in [-0.15, -0.1) is 0 Å². The number of nitrogens with zero attached hydrogens (tertiary/aromatic N) is 2. The molecule has 1 aromatic carbocycles. The number of benzene rings is 1. The molecule has 0 aliphatic carbocycles. The normalized spacial score (nSPS) is 15.8. The van der Waals surface area contributed by atoms with Crippen molar-refractivity contribution in [2.45, 2.75) is 39.3 Å². The first kappa shape index (κ1) is 23.1. The van der Waals surface area contributed by atoms with E-state index in [-0.39, 0.29) is 11.3 Å². The van der Waals surface area contributed by atoms with Gasteiger partial charge in [-0.05, 0) is 56.5 Å². The predicted octanol–water partition coefficient (Wildman–Crippen LogP) is 3.47. The third-order valence-electron chi connectivity index (χ3n) is 5.05. The second kappa shape index (κ2) is 9.30. The quantitative estimate of drug-likeness (QED) is 0.526. The van der Waals surface area contributed by atoms with Crippen LogP contribution in [0.3, 0.4) is 0 Å². The lowest BCUT2D eigenvalue weighted by Crippen LogP contribution is -2.40. The molecular weight excluding hydrogens is 412 g/mol. The number of amides is 1. The molecule has 0 fully saturated rings. The largest absolute Gasteiger partial charge is 0.465 e. The third kappa shape index (κ3) is 4.85. The molecular formula is C24H28N2O6. The van der Waals surface area contributed by atoms with Gasteiger partial charge in [-0.2, -0.15) is 0 Å². The molecule has 0 bridgehead atoms. The Hall–Kier alpha value is -3.55. The SMILES string of the molecule is COC(=O)C1=C(C(=O)OC)N(c2cccc3c2CN(C(=O)OC(C)(C)C)CC3)C=CC=C1. The molecule has 2 aliphatic rings. The van der Waals surface area contributed by atoms with Gasteiger partial charge in [-0.1, -0.05) is 18.2 Å². The minimum absolute atomic E-state index is 0.0344. The van der Waals surface area contributed by atoms with E-state index in [0.29, 0.717) is 25.2 Å². The van der Waals surface area contributed by atoms with Crippen molar-refractivity contribution >= 4 is 23.7 Å². The number of esters is 2. The van der Waals surface area contributed by atoms with Crippen molar-refractivity contribution in [3.8, 4) is 0 Å². The number of methoxy groups -OCH3 is 2. The Morgan fingerprint density at radius 1 is 1.00 bits per heavy atom. The molecule has 0 spiro atoms. The first-order chi connectivity index (χ1) is 15.2. The molecule has 0 saturated carbocycles. The highest BCUT2D eigenvalue weighted by Gasteiger charge is 2.32. The van der Waals surface area contributed by atoms with Crippen molar-refractivity contribution in [3.05, 3.63) is 65.0 Å². The molecule has 0 saturated heterocycles. The van der Waals surface area contributed by atoms with E-state index in [4.69, 9.17) is 14.2 Å². The molecule has 1 amide bonds. The van der Waals surface area contributed by atoms with Crippen LogP contribution in [0, 0.1) is 0 Å². The fourth-order valence-corrected chi connectivity index (χ4v) is 3.62. The van der Waals surface area contributed by atoms with Crippen molar-refractivity contribution in [3.63, 3.8) is 0 Å². The van der Waals surface area contributed by atoms with Crippen LogP contribution in [0.2, 0.25) is 0 Å². The zero-order valence-electron chi connectivity index (χ0n) is 19.0. The van der Waals surface area contributed by atoms with Crippen molar-refractivity contribution in [2.75, 3.05) is 25.7 Å². The van der Waals surface area contributed by atoms with Gasteiger partial charge in [-0.25, -0.2) is 14.4 Å². The van der Waals surface area contributed by atoms with Gasteiger partial charge in [-0.3, -0.25) is 0 Å². The highest BCUT2D eigenvalue weighted by Crippen LogP contribution is 2.34. The van der Waals surface area contributed by atoms with E-state index in [9.17, 15) is 14.4 Å². The van der Waals surface area contributed by atoms with E-state index < -0.39 is 23.6 Å². The van der Waals surface area contributed by atoms with Crippen LogP contribution >= 0.6 is 0 Å². The number of carbonyl (C=O) groups excluding carboxylic acids is 3. The van der Waals surface area contributed by atoms with Gasteiger partial charge in [0.05, 0.1) is 32.0 Å². The number of anilines is 1. The highest BCUT2D eigenvalue weighted by molar-refractivity contribution is 6.05. The summed E-state index contributed by atoms with van der Waals surface area (Å²) in [5.41, 5.74) is 2.08. The van der Waals surface area contributed by atoms with E-state index in [1.165, 1.54) is 20.3 Å². The lowest BCUT2D eigenvalue weighted by Gasteiger charge is -2.34. The first-order valence-corrected chi connectivity index (χ1v) is 10.3. The molecule has 2 aliphatic heterocycles. The second-order valence-electron chi connectivity index (χ2n) is 8.38. The number of allylic oxidation sites excluding steroid dienone is 2. The van der Waals surface area contributed by atoms with Crippen LogP contribution in [0.25, 0.3) is 0 Å². The van der Waals surface area contributed by atoms with Crippen molar-refractivity contribution in [2.24, 2.45) is 0 Å². The number of carbonyl (C=O) groups is 3. The fraction of sp³-hybridized carbons (Fsp3) is 0.375. The number of rotatable bonds is 3. The molecule has 0 unspecified atom stereocenters. The Bertz CT molecular complexity index is 1020. The Kier molecular flexibility index (Phi) is 6.72. The molecule has 8 heteroatoms. The first-order valence-electron chi connectivity index (χ1n) is 10.3. The summed E-state index contributed by atoms with van der Waals surface area (Å²) in [5, 5.41) is 0. The topological polar surface area (TPSA) is 85.4 Å². The van der Waals surface area contributed by atoms with Gasteiger partial charge in [0.15, 0.2) is 0 Å². The van der Waals surface area contributed by atoms with Crippen molar-refractivity contribution in [1.29, 1.82) is 0 Å². The van der Waals surface area contributed by atoms with Crippen LogP contribution in [-0.4, -0.2) is 49.3 Å². The molecule has 0 N–H and O–H groups in total. The van der Waals surface area contributed by atoms with E-state index in [1.807, 2.05) is 39.0 Å². The summed E-state index contributed by atoms with van der Waals surface area (Å²) in [6, 6.07) is 5.72. The highest BCUT2D eigenvalue weighted by atomic mass is 16.6. The van der Waals surface area contributed by atoms with Gasteiger partial charge >= 0.3 is 18.0 Å². The van der Waals surface area contributed by atoms with Crippen LogP contribution in [0.15, 0.2) is 53.9 Å². The smallest absolute Gasteiger partial charge is 0.410 e. The van der Waals surface area contributed by atoms with Crippen LogP contribution in [-0.2, 0) is 36.8 Å². The molecule has 0 aromatic heterocycles. The Labute approximate surface area is 187 Å². The van der Waals surface area contributed by atoms with Crippen LogP contribution < -0.4 is 4.90 Å². The number of fused-ring (bicyclic) bond motifs is 1. The molecule has 1 aromatic rings. The van der Waals surface area contributed by atoms with Crippen LogP contribution in [0.4, 0.5) is 10.5 Å². The molecule has 32 heavy (non-hydrogen) atoms. The van der Waals surface area contributed by atoms with E-state index in [1.54, 1.807) is 28.2 Å². The fourth-order valence-electron chi connectivity index (χ4n) is 3.62. The lowest BCUT2D eigenvalue weighted by atomic mass is 9.97. The summed E-state index contributed by atoms with van der Waals surface area (Å²) in [7, 11) is 2.51. The number of hydrogen-bond acceptors (Lipinski definition) is 7. The maximum atomic E-state index is 12.7. The summed E-state index contributed by atoms with van der Waals surface area (Å²) in [6.07, 6.45) is 6.80. The average Bonchev–Trinajstić information content (AvgIpc) is 2.99. The monoisotopic (exact) mass is 440 g/mol. The standard InChI is InChI=1S/C24H28N2O6/c1-24(2,3)32-23(29)25-14-12-16-9-8-11-19(18(16)15-25)26-13-7-6-10-17(21(27)30-4)20(26)22(28)31-5/h6-11,13H,12,14-15H2,1-5H3. The zero-order chi connectivity index (χ0) is 23.5. The van der Waals surface area contributed by atoms with Gasteiger partial charge in [0.25, 0.3) is 0 Å². The molecule has 0 atom stereocenters. The van der Waals surface area contributed by atoms with Crippen LogP contribution in [0.1, 0.15) is 31.9 Å². The lowest BCUT2D eigenvalue weighted by molar-refractivity contribution is -0.139. The maximum absolute atomic E-state index is 12.7. The molecule has 3 rings (SSSR count). The van der Waals surface area contributed by atoms with E-state index >= 15 is 0 Å². The second-order valence-corrected chi connectivity index (χ2v) is 8.38. The summed E-state index contributed by atoms with van der Waals surface area (Å²) in [6.45, 7) is 6.30. The predicted molar refractivity (Wildman–Crippen MR) is 119 cm³/mol. The van der Waals surface area contributed by atoms with E-state index in [2.05, 4.69) is 0 Å². The van der Waals surface area contributed by atoms with Gasteiger partial charge in [0, 0.05) is 12.7 Å². The summed E-state index contributed by atoms with van der Waals surface area (Å²) < 4.78 is 15.4. The Morgan fingerprint density at radius 2 is 1.72 bits per heavy atom. The zero-order valence-corrected chi connectivity index (χ0v) is 19.0.